The maximum absolute atomic E-state index is 9.08. The molecule has 0 unspecified atom stereocenters. The molecule has 1 aromatic carbocycles. The summed E-state index contributed by atoms with van der Waals surface area (Å²) in [5.74, 6) is 0. The van der Waals surface area contributed by atoms with Gasteiger partial charge in [-0.15, -0.1) is 0 Å². The van der Waals surface area contributed by atoms with Gasteiger partial charge in [-0.05, 0) is 31.2 Å². The number of hydrogen-bond donors (Lipinski definition) is 0. The predicted octanol–water partition coefficient (Wildman–Crippen LogP) is 2.80. The molecule has 0 aliphatic heterocycles. The first-order valence-corrected chi connectivity index (χ1v) is 5.13. The van der Waals surface area contributed by atoms with Crippen molar-refractivity contribution in [3.05, 3.63) is 53.2 Å². The van der Waals surface area contributed by atoms with E-state index in [0.717, 1.165) is 5.69 Å². The average molecular weight is 219 g/mol. The van der Waals surface area contributed by atoms with Crippen LogP contribution < -0.4 is 0 Å². The van der Waals surface area contributed by atoms with E-state index in [1.54, 1.807) is 18.2 Å². The molecule has 3 heteroatoms. The van der Waals surface area contributed by atoms with Crippen molar-refractivity contribution >= 4 is 0 Å². The minimum absolute atomic E-state index is 0.474. The summed E-state index contributed by atoms with van der Waals surface area (Å²) < 4.78 is 0. The highest BCUT2D eigenvalue weighted by Crippen LogP contribution is 2.25. The standard InChI is InChI=1S/C14H9N3/c1-10-4-2-7-13(17-10)14-11(8-15)5-3-6-12(14)9-16/h2-7H,1H3. The zero-order valence-corrected chi connectivity index (χ0v) is 9.31. The van der Waals surface area contributed by atoms with Gasteiger partial charge >= 0.3 is 0 Å². The predicted molar refractivity (Wildman–Crippen MR) is 63.8 cm³/mol. The second-order valence-electron chi connectivity index (χ2n) is 3.62. The molecule has 0 saturated carbocycles. The van der Waals surface area contributed by atoms with E-state index in [1.807, 2.05) is 25.1 Å². The topological polar surface area (TPSA) is 60.5 Å². The summed E-state index contributed by atoms with van der Waals surface area (Å²) in [6.45, 7) is 1.88. The molecule has 0 N–H and O–H groups in total. The Bertz CT molecular complexity index is 613. The highest BCUT2D eigenvalue weighted by Gasteiger charge is 2.11. The van der Waals surface area contributed by atoms with E-state index < -0.39 is 0 Å². The van der Waals surface area contributed by atoms with Crippen LogP contribution in [-0.4, -0.2) is 4.98 Å². The van der Waals surface area contributed by atoms with Crippen molar-refractivity contribution in [1.29, 1.82) is 10.5 Å². The van der Waals surface area contributed by atoms with Crippen LogP contribution in [0.15, 0.2) is 36.4 Å². The molecule has 3 nitrogen and oxygen atoms in total. The van der Waals surface area contributed by atoms with Gasteiger partial charge in [0.05, 0.1) is 29.0 Å². The molecule has 17 heavy (non-hydrogen) atoms. The van der Waals surface area contributed by atoms with E-state index >= 15 is 0 Å². The maximum Gasteiger partial charge on any atom is 0.0999 e. The molecule has 0 saturated heterocycles. The molecule has 0 atom stereocenters. The number of hydrogen-bond acceptors (Lipinski definition) is 3. The van der Waals surface area contributed by atoms with Crippen molar-refractivity contribution in [3.8, 4) is 23.4 Å². The summed E-state index contributed by atoms with van der Waals surface area (Å²) in [6.07, 6.45) is 0. The van der Waals surface area contributed by atoms with E-state index in [4.69, 9.17) is 10.5 Å². The molecule has 2 aromatic rings. The summed E-state index contributed by atoms with van der Waals surface area (Å²) >= 11 is 0. The van der Waals surface area contributed by atoms with Crippen molar-refractivity contribution in [2.45, 2.75) is 6.92 Å². The van der Waals surface area contributed by atoms with Crippen LogP contribution in [0.1, 0.15) is 16.8 Å². The molecular formula is C14H9N3. The first-order valence-electron chi connectivity index (χ1n) is 5.13. The van der Waals surface area contributed by atoms with Crippen LogP contribution in [0.25, 0.3) is 11.3 Å². The van der Waals surface area contributed by atoms with Gasteiger partial charge in [0.1, 0.15) is 0 Å². The van der Waals surface area contributed by atoms with Gasteiger partial charge in [-0.1, -0.05) is 12.1 Å². The van der Waals surface area contributed by atoms with Gasteiger partial charge in [0, 0.05) is 11.3 Å². The quantitative estimate of drug-likeness (QED) is 0.740. The smallest absolute Gasteiger partial charge is 0.0999 e. The number of pyridine rings is 1. The Morgan fingerprint density at radius 1 is 0.941 bits per heavy atom. The number of nitrogens with zero attached hydrogens (tertiary/aromatic N) is 3. The van der Waals surface area contributed by atoms with E-state index in [1.165, 1.54) is 0 Å². The Morgan fingerprint density at radius 3 is 2.06 bits per heavy atom. The molecule has 0 aliphatic carbocycles. The highest BCUT2D eigenvalue weighted by molar-refractivity contribution is 5.74. The van der Waals surface area contributed by atoms with Gasteiger partial charge < -0.3 is 0 Å². The van der Waals surface area contributed by atoms with Gasteiger partial charge in [0.25, 0.3) is 0 Å². The summed E-state index contributed by atoms with van der Waals surface area (Å²) in [5.41, 5.74) is 3.09. The number of nitriles is 2. The van der Waals surface area contributed by atoms with Crippen molar-refractivity contribution in [1.82, 2.24) is 4.98 Å². The van der Waals surface area contributed by atoms with Gasteiger partial charge in [-0.2, -0.15) is 10.5 Å². The second kappa shape index (κ2) is 4.47. The lowest BCUT2D eigenvalue weighted by Crippen LogP contribution is -1.93. The minimum Gasteiger partial charge on any atom is -0.253 e. The number of aryl methyl sites for hydroxylation is 1. The molecule has 0 amide bonds. The first-order chi connectivity index (χ1) is 8.26. The lowest BCUT2D eigenvalue weighted by molar-refractivity contribution is 1.20. The van der Waals surface area contributed by atoms with Crippen LogP contribution >= 0.6 is 0 Å². The second-order valence-corrected chi connectivity index (χ2v) is 3.62. The first kappa shape index (κ1) is 10.9. The maximum atomic E-state index is 9.08. The summed E-state index contributed by atoms with van der Waals surface area (Å²) in [4.78, 5) is 4.36. The monoisotopic (exact) mass is 219 g/mol. The van der Waals surface area contributed by atoms with Crippen LogP contribution in [0, 0.1) is 29.6 Å². The van der Waals surface area contributed by atoms with E-state index in [-0.39, 0.29) is 0 Å². The molecule has 2 rings (SSSR count). The Balaban J connectivity index is 2.75. The van der Waals surface area contributed by atoms with Crippen molar-refractivity contribution in [2.75, 3.05) is 0 Å². The molecule has 1 heterocycles. The van der Waals surface area contributed by atoms with Gasteiger partial charge in [0.2, 0.25) is 0 Å². The van der Waals surface area contributed by atoms with Crippen LogP contribution in [-0.2, 0) is 0 Å². The molecule has 0 spiro atoms. The molecule has 0 aliphatic rings. The SMILES string of the molecule is Cc1cccc(-c2c(C#N)cccc2C#N)n1. The summed E-state index contributed by atoms with van der Waals surface area (Å²) in [6, 6.07) is 14.8. The number of rotatable bonds is 1. The zero-order valence-electron chi connectivity index (χ0n) is 9.31. The molecule has 0 bridgehead atoms. The van der Waals surface area contributed by atoms with Gasteiger partial charge in [0.15, 0.2) is 0 Å². The summed E-state index contributed by atoms with van der Waals surface area (Å²) in [5, 5.41) is 18.2. The molecular weight excluding hydrogens is 210 g/mol. The number of aromatic nitrogens is 1. The van der Waals surface area contributed by atoms with Crippen LogP contribution in [0.5, 0.6) is 0 Å². The molecule has 1 aromatic heterocycles. The Labute approximate surface area is 99.6 Å². The molecule has 0 radical (unpaired) electrons. The third kappa shape index (κ3) is 2.00. The fraction of sp³-hybridized carbons (Fsp3) is 0.0714. The Morgan fingerprint density at radius 2 is 1.53 bits per heavy atom. The third-order valence-electron chi connectivity index (χ3n) is 2.45. The van der Waals surface area contributed by atoms with Crippen LogP contribution in [0.3, 0.4) is 0 Å². The summed E-state index contributed by atoms with van der Waals surface area (Å²) in [7, 11) is 0. The van der Waals surface area contributed by atoms with Crippen molar-refractivity contribution in [2.24, 2.45) is 0 Å². The average Bonchev–Trinajstić information content (AvgIpc) is 2.37. The highest BCUT2D eigenvalue weighted by atomic mass is 14.7. The fourth-order valence-electron chi connectivity index (χ4n) is 1.70. The van der Waals surface area contributed by atoms with Crippen molar-refractivity contribution < 1.29 is 0 Å². The normalized spacial score (nSPS) is 9.35. The van der Waals surface area contributed by atoms with E-state index in [0.29, 0.717) is 22.4 Å². The van der Waals surface area contributed by atoms with Crippen molar-refractivity contribution in [3.63, 3.8) is 0 Å². The largest absolute Gasteiger partial charge is 0.253 e. The van der Waals surface area contributed by atoms with Gasteiger partial charge in [-0.3, -0.25) is 4.98 Å². The van der Waals surface area contributed by atoms with Crippen LogP contribution in [0.2, 0.25) is 0 Å². The minimum atomic E-state index is 0.474. The lowest BCUT2D eigenvalue weighted by Gasteiger charge is -2.06. The van der Waals surface area contributed by atoms with Gasteiger partial charge in [-0.25, -0.2) is 0 Å². The lowest BCUT2D eigenvalue weighted by atomic mass is 9.99. The molecule has 0 fully saturated rings. The Kier molecular flexibility index (Phi) is 2.85. The van der Waals surface area contributed by atoms with Crippen LogP contribution in [0.4, 0.5) is 0 Å². The molecule has 80 valence electrons. The Hall–Kier alpha value is -2.65. The zero-order chi connectivity index (χ0) is 12.3. The third-order valence-corrected chi connectivity index (χ3v) is 2.45. The number of benzene rings is 1. The van der Waals surface area contributed by atoms with E-state index in [9.17, 15) is 0 Å². The van der Waals surface area contributed by atoms with E-state index in [2.05, 4.69) is 17.1 Å². The fourth-order valence-corrected chi connectivity index (χ4v) is 1.70.